The lowest BCUT2D eigenvalue weighted by atomic mass is 10.1. The molecule has 0 saturated carbocycles. The summed E-state index contributed by atoms with van der Waals surface area (Å²) in [5.41, 5.74) is -0.0892. The molecule has 0 aromatic carbocycles. The van der Waals surface area contributed by atoms with Crippen LogP contribution in [0.5, 0.6) is 0 Å². The number of amides is 1. The minimum atomic E-state index is -0.0892. The molecule has 0 spiro atoms. The Morgan fingerprint density at radius 1 is 1.21 bits per heavy atom. The molecule has 0 aromatic rings. The Hall–Kier alpha value is -0.570. The normalized spacial score (nSPS) is 11.5. The van der Waals surface area contributed by atoms with Crippen LogP contribution in [0.25, 0.3) is 0 Å². The molecule has 0 aliphatic heterocycles. The Morgan fingerprint density at radius 2 is 1.79 bits per heavy atom. The lowest BCUT2D eigenvalue weighted by Gasteiger charge is -2.32. The maximum absolute atomic E-state index is 11.6. The molecule has 0 radical (unpaired) electrons. The zero-order chi connectivity index (χ0) is 11.2. The van der Waals surface area contributed by atoms with E-state index in [0.29, 0.717) is 6.42 Å². The quantitative estimate of drug-likeness (QED) is 0.689. The number of hydrogen-bond acceptors (Lipinski definition) is 2. The van der Waals surface area contributed by atoms with E-state index in [0.717, 1.165) is 19.3 Å². The minimum absolute atomic E-state index is 0.0892. The van der Waals surface area contributed by atoms with E-state index in [1.54, 1.807) is 4.90 Å². The number of aliphatic hydroxyl groups excluding tert-OH is 1. The van der Waals surface area contributed by atoms with E-state index in [9.17, 15) is 4.79 Å². The molecule has 0 saturated heterocycles. The molecule has 84 valence electrons. The van der Waals surface area contributed by atoms with Crippen molar-refractivity contribution in [2.45, 2.75) is 52.0 Å². The lowest BCUT2D eigenvalue weighted by molar-refractivity contribution is -0.134. The first-order valence-corrected chi connectivity index (χ1v) is 5.27. The molecule has 14 heavy (non-hydrogen) atoms. The van der Waals surface area contributed by atoms with Gasteiger partial charge in [0.2, 0.25) is 5.91 Å². The molecule has 0 unspecified atom stereocenters. The second-order valence-corrected chi connectivity index (χ2v) is 4.66. The van der Waals surface area contributed by atoms with Crippen molar-refractivity contribution in [2.24, 2.45) is 0 Å². The van der Waals surface area contributed by atoms with Gasteiger partial charge in [-0.3, -0.25) is 4.79 Å². The summed E-state index contributed by atoms with van der Waals surface area (Å²) in [6.07, 6.45) is 3.19. The highest BCUT2D eigenvalue weighted by Crippen LogP contribution is 2.13. The summed E-state index contributed by atoms with van der Waals surface area (Å²) < 4.78 is 0. The van der Waals surface area contributed by atoms with Gasteiger partial charge in [-0.1, -0.05) is 6.42 Å². The molecule has 1 amide bonds. The fourth-order valence-corrected chi connectivity index (χ4v) is 1.11. The summed E-state index contributed by atoms with van der Waals surface area (Å²) in [5, 5.41) is 8.57. The van der Waals surface area contributed by atoms with Gasteiger partial charge in [0.25, 0.3) is 0 Å². The van der Waals surface area contributed by atoms with Crippen LogP contribution in [0.15, 0.2) is 0 Å². The van der Waals surface area contributed by atoms with Gasteiger partial charge in [0.05, 0.1) is 0 Å². The number of hydrogen-bond donors (Lipinski definition) is 1. The number of aliphatic hydroxyl groups is 1. The number of carbonyl (C=O) groups excluding carboxylic acids is 1. The third-order valence-electron chi connectivity index (χ3n) is 2.43. The average Bonchev–Trinajstić information content (AvgIpc) is 2.09. The van der Waals surface area contributed by atoms with Crippen molar-refractivity contribution in [1.82, 2.24) is 4.90 Å². The highest BCUT2D eigenvalue weighted by Gasteiger charge is 2.21. The third-order valence-corrected chi connectivity index (χ3v) is 2.43. The zero-order valence-corrected chi connectivity index (χ0v) is 9.84. The fraction of sp³-hybridized carbons (Fsp3) is 0.909. The summed E-state index contributed by atoms with van der Waals surface area (Å²) in [7, 11) is 1.84. The molecule has 3 heteroatoms. The first kappa shape index (κ1) is 13.4. The van der Waals surface area contributed by atoms with Gasteiger partial charge in [-0.15, -0.1) is 0 Å². The largest absolute Gasteiger partial charge is 0.396 e. The van der Waals surface area contributed by atoms with Crippen LogP contribution in [-0.2, 0) is 4.79 Å². The predicted octanol–water partition coefficient (Wildman–Crippen LogP) is 1.80. The highest BCUT2D eigenvalue weighted by molar-refractivity contribution is 5.76. The third kappa shape index (κ3) is 5.22. The Kier molecular flexibility index (Phi) is 5.77. The van der Waals surface area contributed by atoms with Crippen molar-refractivity contribution >= 4 is 5.91 Å². The van der Waals surface area contributed by atoms with Crippen LogP contribution < -0.4 is 0 Å². The molecule has 0 aliphatic carbocycles. The Labute approximate surface area is 87.1 Å². The summed E-state index contributed by atoms with van der Waals surface area (Å²) >= 11 is 0. The Morgan fingerprint density at radius 3 is 2.21 bits per heavy atom. The van der Waals surface area contributed by atoms with Crippen LogP contribution in [0, 0.1) is 0 Å². The van der Waals surface area contributed by atoms with E-state index in [1.807, 2.05) is 27.8 Å². The van der Waals surface area contributed by atoms with E-state index in [2.05, 4.69) is 0 Å². The molecule has 0 aromatic heterocycles. The van der Waals surface area contributed by atoms with Crippen molar-refractivity contribution in [1.29, 1.82) is 0 Å². The number of carbonyl (C=O) groups is 1. The van der Waals surface area contributed by atoms with Crippen molar-refractivity contribution in [3.8, 4) is 0 Å². The number of rotatable bonds is 5. The second-order valence-electron chi connectivity index (χ2n) is 4.66. The highest BCUT2D eigenvalue weighted by atomic mass is 16.2. The Balaban J connectivity index is 3.74. The first-order valence-electron chi connectivity index (χ1n) is 5.27. The molecule has 0 fully saturated rings. The van der Waals surface area contributed by atoms with Gasteiger partial charge in [-0.2, -0.15) is 0 Å². The SMILES string of the molecule is CN(C(=O)CCCCCO)C(C)(C)C. The van der Waals surface area contributed by atoms with Gasteiger partial charge < -0.3 is 10.0 Å². The van der Waals surface area contributed by atoms with Gasteiger partial charge >= 0.3 is 0 Å². The summed E-state index contributed by atoms with van der Waals surface area (Å²) in [6.45, 7) is 6.30. The van der Waals surface area contributed by atoms with E-state index in [1.165, 1.54) is 0 Å². The van der Waals surface area contributed by atoms with Crippen LogP contribution in [0.4, 0.5) is 0 Å². The summed E-state index contributed by atoms with van der Waals surface area (Å²) in [4.78, 5) is 13.4. The smallest absolute Gasteiger partial charge is 0.222 e. The first-order chi connectivity index (χ1) is 6.39. The average molecular weight is 201 g/mol. The molecular weight excluding hydrogens is 178 g/mol. The maximum Gasteiger partial charge on any atom is 0.222 e. The van der Waals surface area contributed by atoms with Crippen LogP contribution in [0.1, 0.15) is 46.5 Å². The molecular formula is C11H23NO2. The van der Waals surface area contributed by atoms with E-state index >= 15 is 0 Å². The van der Waals surface area contributed by atoms with Gasteiger partial charge in [0.15, 0.2) is 0 Å². The van der Waals surface area contributed by atoms with Crippen LogP contribution in [-0.4, -0.2) is 35.1 Å². The number of nitrogens with zero attached hydrogens (tertiary/aromatic N) is 1. The van der Waals surface area contributed by atoms with Crippen molar-refractivity contribution in [3.05, 3.63) is 0 Å². The van der Waals surface area contributed by atoms with Gasteiger partial charge in [0.1, 0.15) is 0 Å². The van der Waals surface area contributed by atoms with Crippen LogP contribution >= 0.6 is 0 Å². The van der Waals surface area contributed by atoms with Gasteiger partial charge in [0, 0.05) is 25.6 Å². The zero-order valence-electron chi connectivity index (χ0n) is 9.84. The molecule has 0 rings (SSSR count). The minimum Gasteiger partial charge on any atom is -0.396 e. The maximum atomic E-state index is 11.6. The van der Waals surface area contributed by atoms with E-state index in [-0.39, 0.29) is 18.1 Å². The monoisotopic (exact) mass is 201 g/mol. The summed E-state index contributed by atoms with van der Waals surface area (Å²) in [5.74, 6) is 0.190. The fourth-order valence-electron chi connectivity index (χ4n) is 1.11. The predicted molar refractivity (Wildman–Crippen MR) is 58.1 cm³/mol. The molecule has 0 heterocycles. The number of unbranched alkanes of at least 4 members (excludes halogenated alkanes) is 2. The van der Waals surface area contributed by atoms with Crippen LogP contribution in [0.2, 0.25) is 0 Å². The van der Waals surface area contributed by atoms with Crippen molar-refractivity contribution in [2.75, 3.05) is 13.7 Å². The molecule has 0 aliphatic rings. The van der Waals surface area contributed by atoms with Crippen molar-refractivity contribution in [3.63, 3.8) is 0 Å². The molecule has 0 atom stereocenters. The standard InChI is InChI=1S/C11H23NO2/c1-11(2,3)12(4)10(14)8-6-5-7-9-13/h13H,5-9H2,1-4H3. The topological polar surface area (TPSA) is 40.5 Å². The van der Waals surface area contributed by atoms with Crippen molar-refractivity contribution < 1.29 is 9.90 Å². The molecule has 1 N–H and O–H groups in total. The molecule has 3 nitrogen and oxygen atoms in total. The van der Waals surface area contributed by atoms with E-state index in [4.69, 9.17) is 5.11 Å². The van der Waals surface area contributed by atoms with Gasteiger partial charge in [-0.25, -0.2) is 0 Å². The van der Waals surface area contributed by atoms with E-state index < -0.39 is 0 Å². The van der Waals surface area contributed by atoms with Gasteiger partial charge in [-0.05, 0) is 33.6 Å². The van der Waals surface area contributed by atoms with Crippen LogP contribution in [0.3, 0.4) is 0 Å². The second kappa shape index (κ2) is 6.02. The Bertz CT molecular complexity index is 173. The molecule has 0 bridgehead atoms. The lowest BCUT2D eigenvalue weighted by Crippen LogP contribution is -2.42. The summed E-state index contributed by atoms with van der Waals surface area (Å²) in [6, 6.07) is 0.